The molecule has 0 aliphatic carbocycles. The molecule has 0 aliphatic heterocycles. The van der Waals surface area contributed by atoms with Crippen molar-refractivity contribution < 1.29 is 9.53 Å². The SMILES string of the molecule is CCOC(=O)/C=C(\C)Nc1cccc(Cl)c1. The van der Waals surface area contributed by atoms with E-state index in [9.17, 15) is 4.79 Å². The van der Waals surface area contributed by atoms with Crippen LogP contribution in [-0.4, -0.2) is 12.6 Å². The van der Waals surface area contributed by atoms with Gasteiger partial charge in [-0.25, -0.2) is 4.79 Å². The number of benzene rings is 1. The van der Waals surface area contributed by atoms with Crippen molar-refractivity contribution in [3.8, 4) is 0 Å². The second-order valence-electron chi connectivity index (χ2n) is 3.21. The zero-order chi connectivity index (χ0) is 12.0. The molecule has 3 nitrogen and oxygen atoms in total. The number of hydrogen-bond acceptors (Lipinski definition) is 3. The van der Waals surface area contributed by atoms with Gasteiger partial charge >= 0.3 is 5.97 Å². The molecule has 16 heavy (non-hydrogen) atoms. The number of nitrogens with one attached hydrogen (secondary N) is 1. The molecule has 0 amide bonds. The summed E-state index contributed by atoms with van der Waals surface area (Å²) in [5.74, 6) is -0.352. The number of anilines is 1. The molecular formula is C12H14ClNO2. The summed E-state index contributed by atoms with van der Waals surface area (Å²) in [4.78, 5) is 11.1. The molecule has 0 aliphatic rings. The van der Waals surface area contributed by atoms with Gasteiger partial charge in [0.1, 0.15) is 0 Å². The number of esters is 1. The highest BCUT2D eigenvalue weighted by atomic mass is 35.5. The highest BCUT2D eigenvalue weighted by molar-refractivity contribution is 6.30. The van der Waals surface area contributed by atoms with Gasteiger partial charge in [0.25, 0.3) is 0 Å². The Hall–Kier alpha value is -1.48. The van der Waals surface area contributed by atoms with E-state index in [4.69, 9.17) is 16.3 Å². The largest absolute Gasteiger partial charge is 0.463 e. The zero-order valence-electron chi connectivity index (χ0n) is 9.29. The topological polar surface area (TPSA) is 38.3 Å². The lowest BCUT2D eigenvalue weighted by Crippen LogP contribution is -2.04. The van der Waals surface area contributed by atoms with E-state index in [0.717, 1.165) is 5.69 Å². The molecule has 0 saturated carbocycles. The summed E-state index contributed by atoms with van der Waals surface area (Å²) in [7, 11) is 0. The van der Waals surface area contributed by atoms with Crippen molar-refractivity contribution in [2.75, 3.05) is 11.9 Å². The number of rotatable bonds is 4. The van der Waals surface area contributed by atoms with Gasteiger partial charge in [-0.1, -0.05) is 17.7 Å². The summed E-state index contributed by atoms with van der Waals surface area (Å²) < 4.78 is 4.79. The Labute approximate surface area is 100 Å². The second-order valence-corrected chi connectivity index (χ2v) is 3.65. The van der Waals surface area contributed by atoms with E-state index in [0.29, 0.717) is 17.3 Å². The molecule has 0 radical (unpaired) electrons. The van der Waals surface area contributed by atoms with E-state index in [1.54, 1.807) is 26.0 Å². The first kappa shape index (κ1) is 12.6. The van der Waals surface area contributed by atoms with Crippen LogP contribution in [0.2, 0.25) is 5.02 Å². The maximum absolute atomic E-state index is 11.1. The van der Waals surface area contributed by atoms with Gasteiger partial charge in [0.15, 0.2) is 0 Å². The van der Waals surface area contributed by atoms with Crippen molar-refractivity contribution >= 4 is 23.3 Å². The highest BCUT2D eigenvalue weighted by Crippen LogP contribution is 2.16. The summed E-state index contributed by atoms with van der Waals surface area (Å²) in [6.45, 7) is 3.93. The van der Waals surface area contributed by atoms with Gasteiger partial charge in [0.05, 0.1) is 6.61 Å². The Morgan fingerprint density at radius 3 is 2.94 bits per heavy atom. The van der Waals surface area contributed by atoms with Crippen molar-refractivity contribution in [2.45, 2.75) is 13.8 Å². The van der Waals surface area contributed by atoms with Gasteiger partial charge in [-0.15, -0.1) is 0 Å². The Morgan fingerprint density at radius 2 is 2.31 bits per heavy atom. The molecular weight excluding hydrogens is 226 g/mol. The second kappa shape index (κ2) is 6.18. The van der Waals surface area contributed by atoms with Gasteiger partial charge in [-0.3, -0.25) is 0 Å². The lowest BCUT2D eigenvalue weighted by Gasteiger charge is -2.06. The number of ether oxygens (including phenoxy) is 1. The number of hydrogen-bond donors (Lipinski definition) is 1. The van der Waals surface area contributed by atoms with Gasteiger partial charge in [0, 0.05) is 22.5 Å². The van der Waals surface area contributed by atoms with Crippen LogP contribution < -0.4 is 5.32 Å². The molecule has 0 fully saturated rings. The summed E-state index contributed by atoms with van der Waals surface area (Å²) in [5.41, 5.74) is 1.55. The molecule has 0 bridgehead atoms. The van der Waals surface area contributed by atoms with Crippen LogP contribution in [-0.2, 0) is 9.53 Å². The van der Waals surface area contributed by atoms with E-state index in [1.165, 1.54) is 6.08 Å². The van der Waals surface area contributed by atoms with E-state index in [2.05, 4.69) is 5.32 Å². The lowest BCUT2D eigenvalue weighted by atomic mass is 10.3. The lowest BCUT2D eigenvalue weighted by molar-refractivity contribution is -0.137. The molecule has 0 heterocycles. The predicted molar refractivity (Wildman–Crippen MR) is 65.5 cm³/mol. The quantitative estimate of drug-likeness (QED) is 0.648. The van der Waals surface area contributed by atoms with Gasteiger partial charge in [0.2, 0.25) is 0 Å². The first-order valence-electron chi connectivity index (χ1n) is 4.99. The summed E-state index contributed by atoms with van der Waals surface area (Å²) in [6, 6.07) is 7.28. The van der Waals surface area contributed by atoms with Crippen molar-refractivity contribution in [1.82, 2.24) is 0 Å². The van der Waals surface area contributed by atoms with Crippen LogP contribution >= 0.6 is 11.6 Å². The Kier molecular flexibility index (Phi) is 4.86. The molecule has 86 valence electrons. The minimum atomic E-state index is -0.352. The van der Waals surface area contributed by atoms with Crippen LogP contribution in [0.5, 0.6) is 0 Å². The van der Waals surface area contributed by atoms with Crippen LogP contribution in [0.3, 0.4) is 0 Å². The molecule has 1 aromatic carbocycles. The number of carbonyl (C=O) groups is 1. The monoisotopic (exact) mass is 239 g/mol. The van der Waals surface area contributed by atoms with Crippen LogP contribution in [0.25, 0.3) is 0 Å². The van der Waals surface area contributed by atoms with E-state index < -0.39 is 0 Å². The fourth-order valence-corrected chi connectivity index (χ4v) is 1.38. The molecule has 0 unspecified atom stereocenters. The predicted octanol–water partition coefficient (Wildman–Crippen LogP) is 3.22. The van der Waals surface area contributed by atoms with Crippen LogP contribution in [0.15, 0.2) is 36.0 Å². The standard InChI is InChI=1S/C12H14ClNO2/c1-3-16-12(15)7-9(2)14-11-6-4-5-10(13)8-11/h4-8,14H,3H2,1-2H3/b9-7+. The summed E-state index contributed by atoms with van der Waals surface area (Å²) >= 11 is 5.83. The minimum absolute atomic E-state index is 0.352. The van der Waals surface area contributed by atoms with Crippen LogP contribution in [0.1, 0.15) is 13.8 Å². The third kappa shape index (κ3) is 4.36. The number of carbonyl (C=O) groups excluding carboxylic acids is 1. The molecule has 0 spiro atoms. The Balaban J connectivity index is 2.63. The molecule has 1 N–H and O–H groups in total. The zero-order valence-corrected chi connectivity index (χ0v) is 10.0. The van der Waals surface area contributed by atoms with E-state index in [-0.39, 0.29) is 5.97 Å². The first-order valence-corrected chi connectivity index (χ1v) is 5.37. The average molecular weight is 240 g/mol. The van der Waals surface area contributed by atoms with Crippen molar-refractivity contribution in [1.29, 1.82) is 0 Å². The number of allylic oxidation sites excluding steroid dienone is 1. The molecule has 0 aromatic heterocycles. The highest BCUT2D eigenvalue weighted by Gasteiger charge is 1.99. The third-order valence-corrected chi connectivity index (χ3v) is 2.02. The van der Waals surface area contributed by atoms with Crippen molar-refractivity contribution in [3.63, 3.8) is 0 Å². The fraction of sp³-hybridized carbons (Fsp3) is 0.250. The van der Waals surface area contributed by atoms with Gasteiger partial charge in [-0.2, -0.15) is 0 Å². The summed E-state index contributed by atoms with van der Waals surface area (Å²) in [6.07, 6.45) is 1.41. The fourth-order valence-electron chi connectivity index (χ4n) is 1.19. The molecule has 4 heteroatoms. The van der Waals surface area contributed by atoms with Crippen molar-refractivity contribution in [2.24, 2.45) is 0 Å². The van der Waals surface area contributed by atoms with Crippen LogP contribution in [0, 0.1) is 0 Å². The molecule has 1 rings (SSSR count). The van der Waals surface area contributed by atoms with Crippen molar-refractivity contribution in [3.05, 3.63) is 41.1 Å². The van der Waals surface area contributed by atoms with Gasteiger partial charge < -0.3 is 10.1 Å². The molecule has 1 aromatic rings. The van der Waals surface area contributed by atoms with Gasteiger partial charge in [-0.05, 0) is 32.0 Å². The maximum Gasteiger partial charge on any atom is 0.332 e. The number of halogens is 1. The van der Waals surface area contributed by atoms with E-state index in [1.807, 2.05) is 12.1 Å². The van der Waals surface area contributed by atoms with E-state index >= 15 is 0 Å². The summed E-state index contributed by atoms with van der Waals surface area (Å²) in [5, 5.41) is 3.70. The molecule has 0 atom stereocenters. The van der Waals surface area contributed by atoms with Crippen LogP contribution in [0.4, 0.5) is 5.69 Å². The average Bonchev–Trinajstić information content (AvgIpc) is 2.17. The smallest absolute Gasteiger partial charge is 0.332 e. The first-order chi connectivity index (χ1) is 7.61. The molecule has 0 saturated heterocycles. The maximum atomic E-state index is 11.1. The third-order valence-electron chi connectivity index (χ3n) is 1.79. The Morgan fingerprint density at radius 1 is 1.56 bits per heavy atom. The normalized spacial score (nSPS) is 11.1. The minimum Gasteiger partial charge on any atom is -0.463 e. The Bertz CT molecular complexity index is 402.